The minimum absolute atomic E-state index is 0.231. The fourth-order valence-corrected chi connectivity index (χ4v) is 2.75. The number of benzene rings is 1. The minimum atomic E-state index is -0.298. The topological polar surface area (TPSA) is 41.3 Å². The fraction of sp³-hybridized carbons (Fsp3) is 0.538. The van der Waals surface area contributed by atoms with Crippen LogP contribution in [0.5, 0.6) is 0 Å². The zero-order chi connectivity index (χ0) is 13.3. The van der Waals surface area contributed by atoms with Crippen molar-refractivity contribution in [2.24, 2.45) is 5.73 Å². The van der Waals surface area contributed by atoms with Crippen molar-refractivity contribution in [3.05, 3.63) is 29.0 Å². The van der Waals surface area contributed by atoms with E-state index < -0.39 is 0 Å². The van der Waals surface area contributed by atoms with Crippen molar-refractivity contribution in [1.29, 1.82) is 0 Å². The standard InChI is InChI=1S/C13H19ClFN3/c1-9-6-13(7-16,8-18(9)2)17-12-5-10(15)3-4-11(12)14/h3-5,9,17H,6-8,16H2,1-2H3. The highest BCUT2D eigenvalue weighted by atomic mass is 35.5. The molecule has 2 rings (SSSR count). The molecule has 18 heavy (non-hydrogen) atoms. The van der Waals surface area contributed by atoms with Gasteiger partial charge in [0.25, 0.3) is 0 Å². The molecule has 0 aromatic heterocycles. The van der Waals surface area contributed by atoms with E-state index >= 15 is 0 Å². The van der Waals surface area contributed by atoms with Crippen LogP contribution in [0.2, 0.25) is 5.02 Å². The van der Waals surface area contributed by atoms with Gasteiger partial charge in [-0.2, -0.15) is 0 Å². The zero-order valence-corrected chi connectivity index (χ0v) is 11.5. The fourth-order valence-electron chi connectivity index (χ4n) is 2.59. The van der Waals surface area contributed by atoms with Crippen molar-refractivity contribution in [2.45, 2.75) is 24.9 Å². The molecule has 2 unspecified atom stereocenters. The predicted octanol–water partition coefficient (Wildman–Crippen LogP) is 2.31. The summed E-state index contributed by atoms with van der Waals surface area (Å²) in [4.78, 5) is 2.24. The van der Waals surface area contributed by atoms with E-state index in [0.717, 1.165) is 13.0 Å². The molecule has 0 bridgehead atoms. The Hall–Kier alpha value is -0.840. The maximum atomic E-state index is 13.3. The van der Waals surface area contributed by atoms with Gasteiger partial charge in [-0.05, 0) is 38.6 Å². The van der Waals surface area contributed by atoms with Gasteiger partial charge < -0.3 is 16.0 Å². The number of anilines is 1. The lowest BCUT2D eigenvalue weighted by molar-refractivity contribution is 0.323. The summed E-state index contributed by atoms with van der Waals surface area (Å²) in [5.74, 6) is -0.298. The van der Waals surface area contributed by atoms with Crippen LogP contribution in [0.15, 0.2) is 18.2 Å². The Morgan fingerprint density at radius 2 is 2.33 bits per heavy atom. The smallest absolute Gasteiger partial charge is 0.125 e. The van der Waals surface area contributed by atoms with Crippen LogP contribution in [-0.2, 0) is 0 Å². The van der Waals surface area contributed by atoms with Crippen LogP contribution >= 0.6 is 11.6 Å². The van der Waals surface area contributed by atoms with Gasteiger partial charge in [-0.3, -0.25) is 0 Å². The van der Waals surface area contributed by atoms with Gasteiger partial charge in [0.2, 0.25) is 0 Å². The Balaban J connectivity index is 2.23. The van der Waals surface area contributed by atoms with Gasteiger partial charge in [0.05, 0.1) is 16.2 Å². The van der Waals surface area contributed by atoms with E-state index in [2.05, 4.69) is 24.2 Å². The number of halogens is 2. The highest BCUT2D eigenvalue weighted by Crippen LogP contribution is 2.32. The third-order valence-corrected chi connectivity index (χ3v) is 4.04. The van der Waals surface area contributed by atoms with Gasteiger partial charge in [0.1, 0.15) is 5.82 Å². The first-order valence-electron chi connectivity index (χ1n) is 6.09. The van der Waals surface area contributed by atoms with E-state index in [-0.39, 0.29) is 11.4 Å². The summed E-state index contributed by atoms with van der Waals surface area (Å²) < 4.78 is 13.3. The van der Waals surface area contributed by atoms with Crippen LogP contribution in [0.3, 0.4) is 0 Å². The van der Waals surface area contributed by atoms with E-state index in [1.54, 1.807) is 6.07 Å². The summed E-state index contributed by atoms with van der Waals surface area (Å²) in [7, 11) is 2.07. The molecule has 1 aliphatic rings. The second kappa shape index (κ2) is 5.03. The lowest BCUT2D eigenvalue weighted by Gasteiger charge is -2.30. The largest absolute Gasteiger partial charge is 0.376 e. The molecule has 3 nitrogen and oxygen atoms in total. The van der Waals surface area contributed by atoms with Crippen LogP contribution < -0.4 is 11.1 Å². The van der Waals surface area contributed by atoms with Crippen molar-refractivity contribution < 1.29 is 4.39 Å². The second-order valence-electron chi connectivity index (χ2n) is 5.20. The van der Waals surface area contributed by atoms with Crippen LogP contribution in [0, 0.1) is 5.82 Å². The second-order valence-corrected chi connectivity index (χ2v) is 5.61. The van der Waals surface area contributed by atoms with Gasteiger partial charge in [-0.15, -0.1) is 0 Å². The SMILES string of the molecule is CC1CC(CN)(Nc2cc(F)ccc2Cl)CN1C. The first kappa shape index (κ1) is 13.6. The molecule has 0 radical (unpaired) electrons. The predicted molar refractivity (Wildman–Crippen MR) is 73.5 cm³/mol. The summed E-state index contributed by atoms with van der Waals surface area (Å²) >= 11 is 6.08. The number of rotatable bonds is 3. The van der Waals surface area contributed by atoms with Crippen molar-refractivity contribution in [3.63, 3.8) is 0 Å². The van der Waals surface area contributed by atoms with Crippen molar-refractivity contribution >= 4 is 17.3 Å². The lowest BCUT2D eigenvalue weighted by Crippen LogP contribution is -2.47. The average Bonchev–Trinajstić information content (AvgIpc) is 2.60. The number of nitrogens with one attached hydrogen (secondary N) is 1. The van der Waals surface area contributed by atoms with Gasteiger partial charge >= 0.3 is 0 Å². The summed E-state index contributed by atoms with van der Waals surface area (Å²) in [6.45, 7) is 3.48. The van der Waals surface area contributed by atoms with E-state index in [0.29, 0.717) is 23.3 Å². The molecule has 0 spiro atoms. The van der Waals surface area contributed by atoms with Crippen LogP contribution in [0.4, 0.5) is 10.1 Å². The number of likely N-dealkylation sites (N-methyl/N-ethyl adjacent to an activating group) is 1. The van der Waals surface area contributed by atoms with Crippen LogP contribution in [0.1, 0.15) is 13.3 Å². The van der Waals surface area contributed by atoms with E-state index in [4.69, 9.17) is 17.3 Å². The Bertz CT molecular complexity index is 428. The molecule has 1 aromatic carbocycles. The zero-order valence-electron chi connectivity index (χ0n) is 10.7. The van der Waals surface area contributed by atoms with Crippen molar-refractivity contribution in [1.82, 2.24) is 4.90 Å². The molecule has 1 aliphatic heterocycles. The molecule has 0 saturated carbocycles. The molecule has 1 fully saturated rings. The third kappa shape index (κ3) is 2.60. The molecule has 0 aliphatic carbocycles. The molecular formula is C13H19ClFN3. The van der Waals surface area contributed by atoms with Gasteiger partial charge in [0, 0.05) is 19.1 Å². The first-order chi connectivity index (χ1) is 8.46. The number of hydrogen-bond acceptors (Lipinski definition) is 3. The quantitative estimate of drug-likeness (QED) is 0.886. The van der Waals surface area contributed by atoms with Crippen LogP contribution in [0.25, 0.3) is 0 Å². The molecule has 1 saturated heterocycles. The molecule has 1 aromatic rings. The third-order valence-electron chi connectivity index (χ3n) is 3.71. The van der Waals surface area contributed by atoms with Gasteiger partial charge in [0.15, 0.2) is 0 Å². The van der Waals surface area contributed by atoms with Crippen molar-refractivity contribution in [2.75, 3.05) is 25.5 Å². The lowest BCUT2D eigenvalue weighted by atomic mass is 9.96. The van der Waals surface area contributed by atoms with Gasteiger partial charge in [-0.25, -0.2) is 4.39 Å². The van der Waals surface area contributed by atoms with E-state index in [1.165, 1.54) is 12.1 Å². The normalized spacial score (nSPS) is 28.6. The number of nitrogens with two attached hydrogens (primary N) is 1. The summed E-state index contributed by atoms with van der Waals surface area (Å²) in [5.41, 5.74) is 6.29. The highest BCUT2D eigenvalue weighted by Gasteiger charge is 2.39. The van der Waals surface area contributed by atoms with Crippen LogP contribution in [-0.4, -0.2) is 36.6 Å². The molecule has 1 heterocycles. The monoisotopic (exact) mass is 271 g/mol. The minimum Gasteiger partial charge on any atom is -0.376 e. The Morgan fingerprint density at radius 1 is 1.61 bits per heavy atom. The first-order valence-corrected chi connectivity index (χ1v) is 6.47. The summed E-state index contributed by atoms with van der Waals surface area (Å²) in [6, 6.07) is 4.79. The summed E-state index contributed by atoms with van der Waals surface area (Å²) in [5, 5.41) is 3.86. The number of nitrogens with zero attached hydrogens (tertiary/aromatic N) is 1. The maximum Gasteiger partial charge on any atom is 0.125 e. The molecule has 3 N–H and O–H groups in total. The van der Waals surface area contributed by atoms with E-state index in [1.807, 2.05) is 0 Å². The van der Waals surface area contributed by atoms with E-state index in [9.17, 15) is 4.39 Å². The summed E-state index contributed by atoms with van der Waals surface area (Å²) in [6.07, 6.45) is 0.923. The van der Waals surface area contributed by atoms with Gasteiger partial charge in [-0.1, -0.05) is 11.6 Å². The Kier molecular flexibility index (Phi) is 3.80. The molecule has 100 valence electrons. The molecule has 0 amide bonds. The Labute approximate surface area is 112 Å². The molecular weight excluding hydrogens is 253 g/mol. The molecule has 2 atom stereocenters. The maximum absolute atomic E-state index is 13.3. The number of likely N-dealkylation sites (tertiary alicyclic amines) is 1. The highest BCUT2D eigenvalue weighted by molar-refractivity contribution is 6.33. The average molecular weight is 272 g/mol. The Morgan fingerprint density at radius 3 is 2.89 bits per heavy atom. The van der Waals surface area contributed by atoms with Crippen molar-refractivity contribution in [3.8, 4) is 0 Å². The number of hydrogen-bond donors (Lipinski definition) is 2. The molecule has 5 heteroatoms.